The molecule has 0 radical (unpaired) electrons. The number of nitrogens with one attached hydrogen (secondary N) is 2. The summed E-state index contributed by atoms with van der Waals surface area (Å²) in [5.41, 5.74) is 3.05. The van der Waals surface area contributed by atoms with Crippen LogP contribution in [0.1, 0.15) is 25.2 Å². The molecule has 1 aromatic heterocycles. The fourth-order valence-corrected chi connectivity index (χ4v) is 2.18. The Bertz CT molecular complexity index is 517. The van der Waals surface area contributed by atoms with E-state index in [2.05, 4.69) is 35.2 Å². The second-order valence-corrected chi connectivity index (χ2v) is 5.09. The molecular weight excluding hydrogens is 234 g/mol. The molecule has 0 spiro atoms. The van der Waals surface area contributed by atoms with E-state index in [4.69, 9.17) is 11.6 Å². The Kier molecular flexibility index (Phi) is 3.69. The summed E-state index contributed by atoms with van der Waals surface area (Å²) in [6, 6.07) is 4.53. The van der Waals surface area contributed by atoms with Crippen molar-refractivity contribution in [2.45, 2.75) is 33.2 Å². The summed E-state index contributed by atoms with van der Waals surface area (Å²) < 4.78 is 0. The largest absolute Gasteiger partial charge is 0.342 e. The van der Waals surface area contributed by atoms with E-state index in [1.54, 1.807) is 0 Å². The maximum atomic E-state index is 6.16. The molecule has 92 valence electrons. The molecule has 1 aromatic carbocycles. The Morgan fingerprint density at radius 3 is 2.88 bits per heavy atom. The molecule has 2 rings (SSSR count). The quantitative estimate of drug-likeness (QED) is 0.877. The Morgan fingerprint density at radius 1 is 1.41 bits per heavy atom. The molecule has 0 bridgehead atoms. The number of hydrogen-bond donors (Lipinski definition) is 2. The van der Waals surface area contributed by atoms with E-state index in [0.717, 1.165) is 40.4 Å². The molecule has 0 aliphatic heterocycles. The van der Waals surface area contributed by atoms with Crippen LogP contribution in [0.5, 0.6) is 0 Å². The molecule has 2 N–H and O–H groups in total. The van der Waals surface area contributed by atoms with Gasteiger partial charge in [0.2, 0.25) is 0 Å². The summed E-state index contributed by atoms with van der Waals surface area (Å²) in [6.07, 6.45) is 0.891. The zero-order valence-electron chi connectivity index (χ0n) is 10.5. The first-order valence-corrected chi connectivity index (χ1v) is 6.32. The van der Waals surface area contributed by atoms with Gasteiger partial charge in [0.25, 0.3) is 0 Å². The van der Waals surface area contributed by atoms with Crippen LogP contribution in [-0.2, 0) is 6.42 Å². The molecule has 0 fully saturated rings. The molecule has 0 unspecified atom stereocenters. The predicted molar refractivity (Wildman–Crippen MR) is 72.7 cm³/mol. The highest BCUT2D eigenvalue weighted by atomic mass is 35.5. The summed E-state index contributed by atoms with van der Waals surface area (Å²) in [6.45, 7) is 7.23. The summed E-state index contributed by atoms with van der Waals surface area (Å²) in [4.78, 5) is 7.84. The molecule has 0 saturated carbocycles. The van der Waals surface area contributed by atoms with E-state index in [9.17, 15) is 0 Å². The number of imidazole rings is 1. The normalized spacial score (nSPS) is 11.6. The number of aromatic nitrogens is 2. The van der Waals surface area contributed by atoms with Gasteiger partial charge in [0.05, 0.1) is 10.5 Å². The van der Waals surface area contributed by atoms with Gasteiger partial charge in [0.15, 0.2) is 0 Å². The molecule has 4 heteroatoms. The smallest absolute Gasteiger partial charge is 0.108 e. The van der Waals surface area contributed by atoms with Gasteiger partial charge in [0, 0.05) is 19.0 Å². The number of halogens is 1. The number of H-pyrrole nitrogens is 1. The first kappa shape index (κ1) is 12.4. The Balaban J connectivity index is 2.17. The highest BCUT2D eigenvalue weighted by Gasteiger charge is 2.07. The Labute approximate surface area is 107 Å². The van der Waals surface area contributed by atoms with Crippen molar-refractivity contribution in [3.63, 3.8) is 0 Å². The number of rotatable bonds is 4. The van der Waals surface area contributed by atoms with E-state index in [-0.39, 0.29) is 0 Å². The molecule has 1 heterocycles. The van der Waals surface area contributed by atoms with Gasteiger partial charge in [-0.25, -0.2) is 4.98 Å². The number of aryl methyl sites for hydroxylation is 1. The lowest BCUT2D eigenvalue weighted by molar-refractivity contribution is 0.585. The van der Waals surface area contributed by atoms with Crippen molar-refractivity contribution in [1.29, 1.82) is 0 Å². The number of fused-ring (bicyclic) bond motifs is 1. The van der Waals surface area contributed by atoms with Crippen LogP contribution in [0.4, 0.5) is 0 Å². The van der Waals surface area contributed by atoms with E-state index < -0.39 is 0 Å². The molecule has 0 atom stereocenters. The zero-order valence-corrected chi connectivity index (χ0v) is 11.2. The molecular formula is C13H18ClN3. The Morgan fingerprint density at radius 2 is 2.18 bits per heavy atom. The van der Waals surface area contributed by atoms with Crippen molar-refractivity contribution in [1.82, 2.24) is 15.3 Å². The van der Waals surface area contributed by atoms with E-state index in [1.165, 1.54) is 0 Å². The minimum atomic E-state index is 0.505. The zero-order chi connectivity index (χ0) is 12.4. The third-order valence-corrected chi connectivity index (χ3v) is 2.94. The van der Waals surface area contributed by atoms with Crippen molar-refractivity contribution in [2.24, 2.45) is 0 Å². The monoisotopic (exact) mass is 251 g/mol. The van der Waals surface area contributed by atoms with Crippen LogP contribution in [0.2, 0.25) is 5.02 Å². The highest BCUT2D eigenvalue weighted by molar-refractivity contribution is 6.35. The molecule has 3 nitrogen and oxygen atoms in total. The van der Waals surface area contributed by atoms with Crippen LogP contribution in [0.15, 0.2) is 12.1 Å². The third-order valence-electron chi connectivity index (χ3n) is 2.65. The molecule has 0 saturated heterocycles. The van der Waals surface area contributed by atoms with Gasteiger partial charge in [-0.15, -0.1) is 0 Å². The Hall–Kier alpha value is -1.06. The van der Waals surface area contributed by atoms with Crippen LogP contribution in [-0.4, -0.2) is 22.6 Å². The van der Waals surface area contributed by atoms with Crippen LogP contribution in [0, 0.1) is 6.92 Å². The van der Waals surface area contributed by atoms with E-state index in [0.29, 0.717) is 6.04 Å². The fraction of sp³-hybridized carbons (Fsp3) is 0.462. The van der Waals surface area contributed by atoms with Crippen molar-refractivity contribution >= 4 is 22.6 Å². The van der Waals surface area contributed by atoms with E-state index >= 15 is 0 Å². The van der Waals surface area contributed by atoms with Crippen molar-refractivity contribution in [3.05, 3.63) is 28.5 Å². The average molecular weight is 252 g/mol. The molecule has 0 aliphatic rings. The average Bonchev–Trinajstić information content (AvgIpc) is 2.60. The minimum absolute atomic E-state index is 0.505. The van der Waals surface area contributed by atoms with Crippen LogP contribution in [0.25, 0.3) is 11.0 Å². The highest BCUT2D eigenvalue weighted by Crippen LogP contribution is 2.23. The molecule has 0 amide bonds. The number of hydrogen-bond acceptors (Lipinski definition) is 2. The minimum Gasteiger partial charge on any atom is -0.342 e. The maximum Gasteiger partial charge on any atom is 0.108 e. The standard InChI is InChI=1S/C13H18ClN3/c1-8(2)15-5-4-12-16-11-7-9(3)6-10(14)13(11)17-12/h6-8,15H,4-5H2,1-3H3,(H,16,17). The summed E-state index contributed by atoms with van der Waals surface area (Å²) in [5.74, 6) is 0.987. The van der Waals surface area contributed by atoms with Crippen LogP contribution < -0.4 is 5.32 Å². The lowest BCUT2D eigenvalue weighted by atomic mass is 10.2. The predicted octanol–water partition coefficient (Wildman–Crippen LogP) is 3.07. The number of nitrogens with zero attached hydrogens (tertiary/aromatic N) is 1. The summed E-state index contributed by atoms with van der Waals surface area (Å²) in [5, 5.41) is 4.09. The summed E-state index contributed by atoms with van der Waals surface area (Å²) >= 11 is 6.16. The van der Waals surface area contributed by atoms with Crippen molar-refractivity contribution < 1.29 is 0 Å². The van der Waals surface area contributed by atoms with Gasteiger partial charge >= 0.3 is 0 Å². The SMILES string of the molecule is Cc1cc(Cl)c2nc(CCNC(C)C)[nH]c2c1. The van der Waals surface area contributed by atoms with E-state index in [1.807, 2.05) is 13.0 Å². The first-order chi connectivity index (χ1) is 8.06. The van der Waals surface area contributed by atoms with Crippen LogP contribution in [0.3, 0.4) is 0 Å². The maximum absolute atomic E-state index is 6.16. The lowest BCUT2D eigenvalue weighted by Crippen LogP contribution is -2.25. The van der Waals surface area contributed by atoms with Gasteiger partial charge in [0.1, 0.15) is 11.3 Å². The van der Waals surface area contributed by atoms with Crippen LogP contribution >= 0.6 is 11.6 Å². The number of benzene rings is 1. The topological polar surface area (TPSA) is 40.7 Å². The molecule has 17 heavy (non-hydrogen) atoms. The first-order valence-electron chi connectivity index (χ1n) is 5.94. The van der Waals surface area contributed by atoms with Crippen molar-refractivity contribution in [2.75, 3.05) is 6.54 Å². The summed E-state index contributed by atoms with van der Waals surface area (Å²) in [7, 11) is 0. The fourth-order valence-electron chi connectivity index (χ4n) is 1.86. The second-order valence-electron chi connectivity index (χ2n) is 4.69. The van der Waals surface area contributed by atoms with Gasteiger partial charge < -0.3 is 10.3 Å². The molecule has 2 aromatic rings. The van der Waals surface area contributed by atoms with Gasteiger partial charge in [-0.05, 0) is 24.6 Å². The van der Waals surface area contributed by atoms with Gasteiger partial charge in [-0.2, -0.15) is 0 Å². The van der Waals surface area contributed by atoms with Gasteiger partial charge in [-0.1, -0.05) is 25.4 Å². The lowest BCUT2D eigenvalue weighted by Gasteiger charge is -2.05. The van der Waals surface area contributed by atoms with Gasteiger partial charge in [-0.3, -0.25) is 0 Å². The van der Waals surface area contributed by atoms with Crippen molar-refractivity contribution in [3.8, 4) is 0 Å². The second kappa shape index (κ2) is 5.07. The third kappa shape index (κ3) is 2.99. The molecule has 0 aliphatic carbocycles. The number of aromatic amines is 1.